The topological polar surface area (TPSA) is 0 Å². The summed E-state index contributed by atoms with van der Waals surface area (Å²) >= 11 is 0. The second-order valence-corrected chi connectivity index (χ2v) is 8.43. The molecule has 0 spiro atoms. The van der Waals surface area contributed by atoms with Gasteiger partial charge in [-0.25, -0.2) is 0 Å². The molecule has 0 aliphatic heterocycles. The van der Waals surface area contributed by atoms with E-state index in [1.165, 1.54) is 29.0 Å². The van der Waals surface area contributed by atoms with Gasteiger partial charge in [-0.3, -0.25) is 0 Å². The fourth-order valence-electron chi connectivity index (χ4n) is 2.98. The van der Waals surface area contributed by atoms with Gasteiger partial charge in [0.1, 0.15) is 0 Å². The summed E-state index contributed by atoms with van der Waals surface area (Å²) in [4.78, 5) is 0. The van der Waals surface area contributed by atoms with E-state index in [2.05, 4.69) is 104 Å². The molecule has 0 saturated heterocycles. The molecule has 0 fully saturated rings. The summed E-state index contributed by atoms with van der Waals surface area (Å²) in [6, 6.07) is 32.7. The third-order valence-electron chi connectivity index (χ3n) is 4.24. The lowest BCUT2D eigenvalue weighted by Gasteiger charge is -2.22. The number of hydrogen-bond donors (Lipinski definition) is 0. The van der Waals surface area contributed by atoms with Crippen molar-refractivity contribution in [3.63, 3.8) is 0 Å². The van der Waals surface area contributed by atoms with E-state index in [4.69, 9.17) is 0 Å². The molecule has 0 aliphatic carbocycles. The van der Waals surface area contributed by atoms with Crippen molar-refractivity contribution in [2.24, 2.45) is 0 Å². The highest BCUT2D eigenvalue weighted by atomic mass is 31.1. The average molecular weight is 344 g/mol. The number of unbranched alkanes of at least 4 members (excludes halogenated alkanes) is 1. The Balaban J connectivity index is 2.08. The lowest BCUT2D eigenvalue weighted by atomic mass is 10.1. The Morgan fingerprint density at radius 1 is 0.720 bits per heavy atom. The monoisotopic (exact) mass is 344 g/mol. The summed E-state index contributed by atoms with van der Waals surface area (Å²) in [5.41, 5.74) is 1.30. The Hall–Kier alpha value is -2.17. The lowest BCUT2D eigenvalue weighted by Crippen LogP contribution is -2.13. The molecule has 0 heterocycles. The summed E-state index contributed by atoms with van der Waals surface area (Å²) in [6.45, 7) is 2.27. The molecule has 0 saturated carbocycles. The highest BCUT2D eigenvalue weighted by Crippen LogP contribution is 2.46. The molecule has 0 atom stereocenters. The van der Waals surface area contributed by atoms with Gasteiger partial charge < -0.3 is 0 Å². The van der Waals surface area contributed by atoms with Crippen LogP contribution in [0.25, 0.3) is 6.08 Å². The molecule has 0 aliphatic rings. The molecule has 0 N–H and O–H groups in total. The van der Waals surface area contributed by atoms with Crippen LogP contribution in [-0.4, -0.2) is 0 Å². The fourth-order valence-corrected chi connectivity index (χ4v) is 5.54. The minimum atomic E-state index is -0.488. The summed E-state index contributed by atoms with van der Waals surface area (Å²) in [5.74, 6) is 0. The first kappa shape index (κ1) is 17.6. The van der Waals surface area contributed by atoms with Crippen LogP contribution in [0.4, 0.5) is 0 Å². The van der Waals surface area contributed by atoms with Gasteiger partial charge in [-0.05, 0) is 42.2 Å². The molecule has 0 aromatic heterocycles. The van der Waals surface area contributed by atoms with Crippen LogP contribution in [0, 0.1) is 0 Å². The lowest BCUT2D eigenvalue weighted by molar-refractivity contribution is 0.810. The fraction of sp³-hybridized carbons (Fsp3) is 0.167. The van der Waals surface area contributed by atoms with Gasteiger partial charge in [-0.1, -0.05) is 110 Å². The first-order chi connectivity index (χ1) is 12.4. The standard InChI is InChI=1S/C24H25P/c1-2-3-15-24(20-21-13-7-4-8-14-21)25(22-16-9-5-10-17-22)23-18-11-6-12-19-23/h4-14,16-20H,2-3,15H2,1H3/b24-20+. The first-order valence-electron chi connectivity index (χ1n) is 9.04. The molecule has 3 aromatic carbocycles. The van der Waals surface area contributed by atoms with Crippen LogP contribution < -0.4 is 10.6 Å². The second-order valence-electron chi connectivity index (χ2n) is 6.16. The van der Waals surface area contributed by atoms with Gasteiger partial charge in [-0.2, -0.15) is 0 Å². The van der Waals surface area contributed by atoms with Crippen molar-refractivity contribution in [1.82, 2.24) is 0 Å². The molecule has 0 bridgehead atoms. The van der Waals surface area contributed by atoms with Crippen molar-refractivity contribution in [3.05, 3.63) is 102 Å². The molecule has 0 amide bonds. The Kier molecular flexibility index (Phi) is 6.60. The summed E-state index contributed by atoms with van der Waals surface area (Å²) < 4.78 is 0. The Bertz CT molecular complexity index is 737. The average Bonchev–Trinajstić information content (AvgIpc) is 2.69. The maximum absolute atomic E-state index is 2.42. The number of benzene rings is 3. The van der Waals surface area contributed by atoms with E-state index in [0.717, 1.165) is 6.42 Å². The Morgan fingerprint density at radius 2 is 1.20 bits per heavy atom. The molecule has 1 heteroatoms. The smallest absolute Gasteiger partial charge is 0.0154 e. The third-order valence-corrected chi connectivity index (χ3v) is 6.79. The van der Waals surface area contributed by atoms with Crippen molar-refractivity contribution in [2.45, 2.75) is 26.2 Å². The summed E-state index contributed by atoms with van der Waals surface area (Å²) in [6.07, 6.45) is 6.03. The third kappa shape index (κ3) is 4.91. The minimum Gasteiger partial charge on any atom is -0.0654 e. The Morgan fingerprint density at radius 3 is 1.68 bits per heavy atom. The highest BCUT2D eigenvalue weighted by molar-refractivity contribution is 7.76. The molecule has 3 rings (SSSR count). The maximum Gasteiger partial charge on any atom is -0.0154 e. The van der Waals surface area contributed by atoms with Crippen molar-refractivity contribution in [2.75, 3.05) is 0 Å². The largest absolute Gasteiger partial charge is 0.0654 e. The molecule has 25 heavy (non-hydrogen) atoms. The van der Waals surface area contributed by atoms with Crippen LogP contribution >= 0.6 is 7.92 Å². The van der Waals surface area contributed by atoms with Crippen LogP contribution in [0.15, 0.2) is 96.3 Å². The van der Waals surface area contributed by atoms with E-state index >= 15 is 0 Å². The zero-order chi connectivity index (χ0) is 17.3. The van der Waals surface area contributed by atoms with E-state index in [1.807, 2.05) is 0 Å². The number of allylic oxidation sites excluding steroid dienone is 1. The van der Waals surface area contributed by atoms with Crippen molar-refractivity contribution >= 4 is 24.6 Å². The van der Waals surface area contributed by atoms with Gasteiger partial charge in [0, 0.05) is 0 Å². The zero-order valence-electron chi connectivity index (χ0n) is 14.8. The van der Waals surface area contributed by atoms with E-state index in [9.17, 15) is 0 Å². The van der Waals surface area contributed by atoms with Crippen molar-refractivity contribution in [3.8, 4) is 0 Å². The highest BCUT2D eigenvalue weighted by Gasteiger charge is 2.18. The number of hydrogen-bond acceptors (Lipinski definition) is 0. The predicted molar refractivity (Wildman–Crippen MR) is 113 cm³/mol. The normalized spacial score (nSPS) is 11.7. The van der Waals surface area contributed by atoms with Gasteiger partial charge >= 0.3 is 0 Å². The first-order valence-corrected chi connectivity index (χ1v) is 10.4. The van der Waals surface area contributed by atoms with Crippen LogP contribution in [0.5, 0.6) is 0 Å². The van der Waals surface area contributed by atoms with E-state index in [1.54, 1.807) is 5.31 Å². The van der Waals surface area contributed by atoms with E-state index in [-0.39, 0.29) is 0 Å². The predicted octanol–water partition coefficient (Wildman–Crippen LogP) is 6.35. The van der Waals surface area contributed by atoms with Crippen LogP contribution in [0.3, 0.4) is 0 Å². The van der Waals surface area contributed by atoms with Gasteiger partial charge in [0.2, 0.25) is 0 Å². The van der Waals surface area contributed by atoms with Crippen LogP contribution in [0.2, 0.25) is 0 Å². The van der Waals surface area contributed by atoms with Crippen LogP contribution in [0.1, 0.15) is 31.7 Å². The van der Waals surface area contributed by atoms with Gasteiger partial charge in [0.05, 0.1) is 0 Å². The maximum atomic E-state index is 2.42. The van der Waals surface area contributed by atoms with Crippen LogP contribution in [-0.2, 0) is 0 Å². The zero-order valence-corrected chi connectivity index (χ0v) is 15.7. The van der Waals surface area contributed by atoms with E-state index in [0.29, 0.717) is 0 Å². The van der Waals surface area contributed by atoms with Crippen molar-refractivity contribution in [1.29, 1.82) is 0 Å². The summed E-state index contributed by atoms with van der Waals surface area (Å²) in [5, 5.41) is 4.42. The molecule has 0 nitrogen and oxygen atoms in total. The molecular formula is C24H25P. The molecule has 126 valence electrons. The SMILES string of the molecule is CCCC/C(=C\c1ccccc1)P(c1ccccc1)c1ccccc1. The van der Waals surface area contributed by atoms with E-state index < -0.39 is 7.92 Å². The molecule has 0 unspecified atom stereocenters. The molecular weight excluding hydrogens is 319 g/mol. The second kappa shape index (κ2) is 9.35. The van der Waals surface area contributed by atoms with Crippen molar-refractivity contribution < 1.29 is 0 Å². The van der Waals surface area contributed by atoms with Gasteiger partial charge in [0.25, 0.3) is 0 Å². The van der Waals surface area contributed by atoms with Gasteiger partial charge in [-0.15, -0.1) is 0 Å². The number of rotatable bonds is 7. The Labute approximate surface area is 153 Å². The minimum absolute atomic E-state index is 0.488. The van der Waals surface area contributed by atoms with Gasteiger partial charge in [0.15, 0.2) is 0 Å². The molecule has 3 aromatic rings. The molecule has 0 radical (unpaired) electrons. The quantitative estimate of drug-likeness (QED) is 0.438. The summed E-state index contributed by atoms with van der Waals surface area (Å²) in [7, 11) is -0.488.